The van der Waals surface area contributed by atoms with E-state index < -0.39 is 0 Å². The van der Waals surface area contributed by atoms with Gasteiger partial charge in [0.25, 0.3) is 0 Å². The molecular formula is C58H36N2OS. The average molecular weight is 809 g/mol. The van der Waals surface area contributed by atoms with Gasteiger partial charge in [-0.15, -0.1) is 11.3 Å². The molecule has 9 aromatic carbocycles. The number of aromatic nitrogens is 2. The Morgan fingerprint density at radius 3 is 1.50 bits per heavy atom. The summed E-state index contributed by atoms with van der Waals surface area (Å²) in [7, 11) is 0. The SMILES string of the molecule is c1ccc(-c2ccc(-c3ccc(-c4nc(-c5ccccc5)cc(-c5ccc(-c6ccc(-c7ccc8sc9ccccc9c8c7)c7c6oc6ccccc67)cc5)n4)cc3)cc2)cc1. The number of hydrogen-bond acceptors (Lipinski definition) is 4. The monoisotopic (exact) mass is 808 g/mol. The van der Waals surface area contributed by atoms with E-state index in [1.165, 1.54) is 48.0 Å². The molecule has 62 heavy (non-hydrogen) atoms. The summed E-state index contributed by atoms with van der Waals surface area (Å²) in [5.74, 6) is 0.685. The molecule has 0 aliphatic carbocycles. The first-order chi connectivity index (χ1) is 30.7. The highest BCUT2D eigenvalue weighted by atomic mass is 32.1. The number of para-hydroxylation sites is 1. The van der Waals surface area contributed by atoms with Gasteiger partial charge in [-0.2, -0.15) is 0 Å². The molecule has 0 fully saturated rings. The van der Waals surface area contributed by atoms with Gasteiger partial charge in [-0.05, 0) is 75.3 Å². The average Bonchev–Trinajstić information content (AvgIpc) is 3.93. The van der Waals surface area contributed by atoms with Crippen molar-refractivity contribution in [2.24, 2.45) is 0 Å². The Balaban J connectivity index is 0.908. The van der Waals surface area contributed by atoms with Crippen LogP contribution < -0.4 is 0 Å². The standard InChI is InChI=1S/C58H36N2OS/c1-3-11-37(12-4-1)38-19-21-39(22-20-38)40-23-29-44(30-24-40)58-59-51(42-13-5-2-6-14-42)36-52(60-58)43-27-25-41(26-28-43)47-33-32-46(56-49-16-7-9-17-53(49)61-57(47)56)45-31-34-55-50(35-45)48-15-8-10-18-54(48)62-55/h1-36H. The van der Waals surface area contributed by atoms with Crippen molar-refractivity contribution >= 4 is 53.4 Å². The molecule has 0 unspecified atom stereocenters. The molecule has 4 heteroatoms. The second kappa shape index (κ2) is 15.0. The Morgan fingerprint density at radius 1 is 0.323 bits per heavy atom. The van der Waals surface area contributed by atoms with Gasteiger partial charge in [0, 0.05) is 53.2 Å². The second-order valence-corrected chi connectivity index (χ2v) is 16.8. The van der Waals surface area contributed by atoms with E-state index in [0.717, 1.165) is 66.7 Å². The van der Waals surface area contributed by atoms with Crippen molar-refractivity contribution in [3.05, 3.63) is 218 Å². The van der Waals surface area contributed by atoms with E-state index in [9.17, 15) is 0 Å². The van der Waals surface area contributed by atoms with Crippen LogP contribution >= 0.6 is 11.3 Å². The molecule has 0 amide bonds. The molecule has 0 saturated heterocycles. The summed E-state index contributed by atoms with van der Waals surface area (Å²) in [5.41, 5.74) is 15.7. The van der Waals surface area contributed by atoms with Crippen LogP contribution in [-0.2, 0) is 0 Å². The van der Waals surface area contributed by atoms with Crippen LogP contribution in [0.2, 0.25) is 0 Å². The van der Waals surface area contributed by atoms with Crippen molar-refractivity contribution in [2.45, 2.75) is 0 Å². The fourth-order valence-corrected chi connectivity index (χ4v) is 9.88. The second-order valence-electron chi connectivity index (χ2n) is 15.7. The van der Waals surface area contributed by atoms with E-state index in [1.807, 2.05) is 29.5 Å². The van der Waals surface area contributed by atoms with E-state index in [-0.39, 0.29) is 0 Å². The summed E-state index contributed by atoms with van der Waals surface area (Å²) < 4.78 is 9.33. The lowest BCUT2D eigenvalue weighted by Crippen LogP contribution is -1.96. The van der Waals surface area contributed by atoms with Gasteiger partial charge in [0.1, 0.15) is 11.2 Å². The van der Waals surface area contributed by atoms with Crippen molar-refractivity contribution in [3.8, 4) is 78.4 Å². The minimum atomic E-state index is 0.685. The summed E-state index contributed by atoms with van der Waals surface area (Å²) >= 11 is 1.84. The number of benzene rings is 9. The maximum atomic E-state index is 6.73. The lowest BCUT2D eigenvalue weighted by atomic mass is 9.93. The fraction of sp³-hybridized carbons (Fsp3) is 0. The Hall–Kier alpha value is -7.92. The highest BCUT2D eigenvalue weighted by Gasteiger charge is 2.19. The molecule has 3 nitrogen and oxygen atoms in total. The third-order valence-corrected chi connectivity index (χ3v) is 13.1. The van der Waals surface area contributed by atoms with Gasteiger partial charge in [-0.25, -0.2) is 9.97 Å². The summed E-state index contributed by atoms with van der Waals surface area (Å²) in [6.45, 7) is 0. The smallest absolute Gasteiger partial charge is 0.160 e. The first-order valence-corrected chi connectivity index (χ1v) is 21.7. The van der Waals surface area contributed by atoms with Crippen molar-refractivity contribution in [1.29, 1.82) is 0 Å². The number of thiophene rings is 1. The minimum Gasteiger partial charge on any atom is -0.455 e. The molecule has 0 aliphatic rings. The number of fused-ring (bicyclic) bond motifs is 6. The molecule has 0 atom stereocenters. The lowest BCUT2D eigenvalue weighted by Gasteiger charge is -2.12. The van der Waals surface area contributed by atoms with Crippen LogP contribution in [0, 0.1) is 0 Å². The molecule has 3 heterocycles. The quantitative estimate of drug-likeness (QED) is 0.161. The van der Waals surface area contributed by atoms with E-state index in [0.29, 0.717) is 5.82 Å². The molecule has 0 radical (unpaired) electrons. The molecule has 0 spiro atoms. The van der Waals surface area contributed by atoms with Gasteiger partial charge in [-0.1, -0.05) is 182 Å². The van der Waals surface area contributed by atoms with Gasteiger partial charge < -0.3 is 4.42 Å². The zero-order valence-electron chi connectivity index (χ0n) is 33.5. The summed E-state index contributed by atoms with van der Waals surface area (Å²) in [4.78, 5) is 10.3. The van der Waals surface area contributed by atoms with Crippen molar-refractivity contribution in [2.75, 3.05) is 0 Å². The Morgan fingerprint density at radius 2 is 0.806 bits per heavy atom. The van der Waals surface area contributed by atoms with Gasteiger partial charge >= 0.3 is 0 Å². The lowest BCUT2D eigenvalue weighted by molar-refractivity contribution is 0.670. The molecule has 12 rings (SSSR count). The molecule has 290 valence electrons. The van der Waals surface area contributed by atoms with E-state index in [2.05, 4.69) is 200 Å². The molecular weight excluding hydrogens is 773 g/mol. The predicted molar refractivity (Wildman–Crippen MR) is 260 cm³/mol. The zero-order valence-corrected chi connectivity index (χ0v) is 34.3. The summed E-state index contributed by atoms with van der Waals surface area (Å²) in [5, 5.41) is 4.82. The van der Waals surface area contributed by atoms with Crippen LogP contribution in [0.5, 0.6) is 0 Å². The van der Waals surface area contributed by atoms with Gasteiger partial charge in [0.15, 0.2) is 5.82 Å². The van der Waals surface area contributed by atoms with Crippen LogP contribution in [0.4, 0.5) is 0 Å². The first-order valence-electron chi connectivity index (χ1n) is 20.9. The number of nitrogens with zero attached hydrogens (tertiary/aromatic N) is 2. The van der Waals surface area contributed by atoms with Crippen molar-refractivity contribution < 1.29 is 4.42 Å². The minimum absolute atomic E-state index is 0.685. The zero-order chi connectivity index (χ0) is 41.0. The molecule has 0 aliphatic heterocycles. The van der Waals surface area contributed by atoms with Crippen LogP contribution in [0.25, 0.3) is 121 Å². The first kappa shape index (κ1) is 36.0. The van der Waals surface area contributed by atoms with Crippen LogP contribution in [0.15, 0.2) is 223 Å². The largest absolute Gasteiger partial charge is 0.455 e. The molecule has 0 bridgehead atoms. The Bertz CT molecular complexity index is 3590. The van der Waals surface area contributed by atoms with Crippen LogP contribution in [-0.4, -0.2) is 9.97 Å². The highest BCUT2D eigenvalue weighted by Crippen LogP contribution is 2.44. The maximum absolute atomic E-state index is 6.73. The summed E-state index contributed by atoms with van der Waals surface area (Å²) in [6.07, 6.45) is 0. The van der Waals surface area contributed by atoms with Gasteiger partial charge in [0.2, 0.25) is 0 Å². The normalized spacial score (nSPS) is 11.5. The fourth-order valence-electron chi connectivity index (χ4n) is 8.79. The van der Waals surface area contributed by atoms with Gasteiger partial charge in [-0.3, -0.25) is 0 Å². The van der Waals surface area contributed by atoms with E-state index in [1.54, 1.807) is 0 Å². The Labute approximate surface area is 362 Å². The molecule has 12 aromatic rings. The molecule has 3 aromatic heterocycles. The highest BCUT2D eigenvalue weighted by molar-refractivity contribution is 7.25. The van der Waals surface area contributed by atoms with E-state index >= 15 is 0 Å². The number of furan rings is 1. The maximum Gasteiger partial charge on any atom is 0.160 e. The predicted octanol–water partition coefficient (Wildman–Crippen LogP) is 16.4. The van der Waals surface area contributed by atoms with Crippen LogP contribution in [0.1, 0.15) is 0 Å². The number of rotatable bonds is 7. The summed E-state index contributed by atoms with van der Waals surface area (Å²) in [6, 6.07) is 77.3. The van der Waals surface area contributed by atoms with Crippen LogP contribution in [0.3, 0.4) is 0 Å². The third kappa shape index (κ3) is 6.37. The van der Waals surface area contributed by atoms with Gasteiger partial charge in [0.05, 0.1) is 11.4 Å². The van der Waals surface area contributed by atoms with E-state index in [4.69, 9.17) is 14.4 Å². The third-order valence-electron chi connectivity index (χ3n) is 12.0. The van der Waals surface area contributed by atoms with Crippen molar-refractivity contribution in [1.82, 2.24) is 9.97 Å². The molecule has 0 saturated carbocycles. The molecule has 0 N–H and O–H groups in total. The number of hydrogen-bond donors (Lipinski definition) is 0. The van der Waals surface area contributed by atoms with Crippen molar-refractivity contribution in [3.63, 3.8) is 0 Å². The topological polar surface area (TPSA) is 38.9 Å². The Kier molecular flexibility index (Phi) is 8.68.